The number of benzene rings is 3. The third-order valence-corrected chi connectivity index (χ3v) is 9.81. The van der Waals surface area contributed by atoms with Gasteiger partial charge >= 0.3 is 0 Å². The number of piperidine rings is 1. The Hall–Kier alpha value is -4.23. The lowest BCUT2D eigenvalue weighted by Crippen LogP contribution is -2.45. The number of nitrogens with one attached hydrogen (secondary N) is 2. The molecular weight excluding hydrogens is 496 g/mol. The molecule has 2 fully saturated rings. The summed E-state index contributed by atoms with van der Waals surface area (Å²) in [4.78, 5) is 23.7. The second-order valence-electron chi connectivity index (χ2n) is 11.9. The minimum Gasteiger partial charge on any atom is -0.342 e. The summed E-state index contributed by atoms with van der Waals surface area (Å²) < 4.78 is 0. The van der Waals surface area contributed by atoms with Gasteiger partial charge in [-0.1, -0.05) is 78.9 Å². The Morgan fingerprint density at radius 3 is 2.40 bits per heavy atom. The van der Waals surface area contributed by atoms with Crippen molar-refractivity contribution in [1.29, 1.82) is 0 Å². The highest BCUT2D eigenvalue weighted by atomic mass is 16.1. The van der Waals surface area contributed by atoms with Crippen LogP contribution >= 0.6 is 0 Å². The fraction of sp³-hybridized carbons (Fsp3) is 0.303. The highest BCUT2D eigenvalue weighted by Crippen LogP contribution is 2.54. The quantitative estimate of drug-likeness (QED) is 0.296. The molecule has 4 N–H and O–H groups in total. The minimum absolute atomic E-state index is 0.0596. The summed E-state index contributed by atoms with van der Waals surface area (Å²) in [6.07, 6.45) is 4.91. The molecule has 0 radical (unpaired) electrons. The first-order valence-electron chi connectivity index (χ1n) is 14.3. The lowest BCUT2D eigenvalue weighted by Gasteiger charge is -2.42. The van der Waals surface area contributed by atoms with Crippen LogP contribution in [0.1, 0.15) is 54.1 Å². The van der Waals surface area contributed by atoms with Crippen LogP contribution in [-0.4, -0.2) is 33.3 Å². The summed E-state index contributed by atoms with van der Waals surface area (Å²) in [5.41, 5.74) is 14.1. The second-order valence-corrected chi connectivity index (χ2v) is 11.9. The van der Waals surface area contributed by atoms with Gasteiger partial charge in [0, 0.05) is 24.5 Å². The van der Waals surface area contributed by atoms with E-state index < -0.39 is 0 Å². The molecule has 7 nitrogen and oxygen atoms in total. The molecule has 0 unspecified atom stereocenters. The molecule has 1 saturated heterocycles. The fourth-order valence-electron chi connectivity index (χ4n) is 7.32. The Balaban J connectivity index is 1.08. The molecular formula is C33H32N6O. The molecule has 40 heavy (non-hydrogen) atoms. The zero-order valence-corrected chi connectivity index (χ0v) is 22.4. The zero-order valence-electron chi connectivity index (χ0n) is 22.4. The molecule has 3 heterocycles. The first kappa shape index (κ1) is 23.6. The average Bonchev–Trinajstić information content (AvgIpc) is 3.62. The summed E-state index contributed by atoms with van der Waals surface area (Å²) in [5.74, 6) is 0.602. The molecule has 2 aliphatic carbocycles. The predicted molar refractivity (Wildman–Crippen MR) is 157 cm³/mol. The van der Waals surface area contributed by atoms with Crippen LogP contribution in [0.25, 0.3) is 22.2 Å². The van der Waals surface area contributed by atoms with Gasteiger partial charge in [-0.25, -0.2) is 0 Å². The van der Waals surface area contributed by atoms with Crippen LogP contribution in [0, 0.1) is 5.41 Å². The number of rotatable bonds is 4. The van der Waals surface area contributed by atoms with Gasteiger partial charge in [0.1, 0.15) is 5.39 Å². The summed E-state index contributed by atoms with van der Waals surface area (Å²) in [6.45, 7) is 1.62. The third kappa shape index (κ3) is 3.50. The Labute approximate surface area is 232 Å². The van der Waals surface area contributed by atoms with Gasteiger partial charge in [-0.3, -0.25) is 14.9 Å². The van der Waals surface area contributed by atoms with Crippen LogP contribution in [0.15, 0.2) is 83.7 Å². The van der Waals surface area contributed by atoms with E-state index in [-0.39, 0.29) is 22.4 Å². The molecule has 3 aromatic carbocycles. The van der Waals surface area contributed by atoms with Crippen molar-refractivity contribution < 1.29 is 0 Å². The molecule has 7 heteroatoms. The number of fused-ring (bicyclic) bond motifs is 2. The Kier molecular flexibility index (Phi) is 5.10. The maximum atomic E-state index is 13.6. The van der Waals surface area contributed by atoms with Gasteiger partial charge in [-0.2, -0.15) is 10.1 Å². The van der Waals surface area contributed by atoms with Crippen molar-refractivity contribution in [3.8, 4) is 11.1 Å². The van der Waals surface area contributed by atoms with Crippen molar-refractivity contribution in [3.05, 3.63) is 112 Å². The van der Waals surface area contributed by atoms with E-state index in [1.54, 1.807) is 0 Å². The van der Waals surface area contributed by atoms with Gasteiger partial charge < -0.3 is 10.6 Å². The molecule has 2 aromatic heterocycles. The van der Waals surface area contributed by atoms with Crippen molar-refractivity contribution in [2.75, 3.05) is 18.0 Å². The Morgan fingerprint density at radius 2 is 1.62 bits per heavy atom. The fourth-order valence-corrected chi connectivity index (χ4v) is 7.32. The monoisotopic (exact) mass is 528 g/mol. The smallest absolute Gasteiger partial charge is 0.263 e. The van der Waals surface area contributed by atoms with Crippen LogP contribution in [0.3, 0.4) is 0 Å². The molecule has 1 atom stereocenters. The lowest BCUT2D eigenvalue weighted by atomic mass is 9.73. The van der Waals surface area contributed by atoms with Crippen LogP contribution in [0.2, 0.25) is 0 Å². The van der Waals surface area contributed by atoms with E-state index in [2.05, 4.69) is 92.9 Å². The number of aromatic amines is 2. The van der Waals surface area contributed by atoms with Crippen LogP contribution in [0.5, 0.6) is 0 Å². The van der Waals surface area contributed by atoms with Gasteiger partial charge in [0.25, 0.3) is 5.56 Å². The number of aromatic nitrogens is 4. The highest BCUT2D eigenvalue weighted by molar-refractivity contribution is 5.81. The highest BCUT2D eigenvalue weighted by Gasteiger charge is 2.49. The SMILES string of the molecule is N[C@@H]1c2ccccc2CC12CCN(c1nc3n[nH]c(C4(c5cccc(-c6ccccc6)c5)CC4)c3c(=O)[nH]1)CC2. The summed E-state index contributed by atoms with van der Waals surface area (Å²) in [7, 11) is 0. The Bertz CT molecular complexity index is 1790. The van der Waals surface area contributed by atoms with Gasteiger partial charge in [0.05, 0.1) is 5.69 Å². The maximum Gasteiger partial charge on any atom is 0.263 e. The molecule has 5 aromatic rings. The number of anilines is 1. The third-order valence-electron chi connectivity index (χ3n) is 9.81. The Morgan fingerprint density at radius 1 is 0.875 bits per heavy atom. The van der Waals surface area contributed by atoms with Gasteiger partial charge in [0.2, 0.25) is 5.95 Å². The number of hydrogen-bond acceptors (Lipinski definition) is 5. The summed E-state index contributed by atoms with van der Waals surface area (Å²) in [6, 6.07) is 27.7. The van der Waals surface area contributed by atoms with Crippen molar-refractivity contribution >= 4 is 17.0 Å². The van der Waals surface area contributed by atoms with E-state index in [1.807, 2.05) is 6.07 Å². The van der Waals surface area contributed by atoms with E-state index >= 15 is 0 Å². The van der Waals surface area contributed by atoms with Crippen molar-refractivity contribution in [3.63, 3.8) is 0 Å². The van der Waals surface area contributed by atoms with Crippen LogP contribution in [-0.2, 0) is 11.8 Å². The van der Waals surface area contributed by atoms with Gasteiger partial charge in [-0.15, -0.1) is 0 Å². The number of hydrogen-bond donors (Lipinski definition) is 3. The molecule has 0 bridgehead atoms. The number of H-pyrrole nitrogens is 2. The average molecular weight is 529 g/mol. The second kappa shape index (κ2) is 8.63. The normalized spacial score (nSPS) is 20.6. The predicted octanol–water partition coefficient (Wildman–Crippen LogP) is 5.24. The molecule has 1 spiro atoms. The largest absolute Gasteiger partial charge is 0.342 e. The molecule has 8 rings (SSSR count). The van der Waals surface area contributed by atoms with E-state index in [0.717, 1.165) is 50.9 Å². The minimum atomic E-state index is -0.235. The molecule has 0 amide bonds. The van der Waals surface area contributed by atoms with E-state index in [0.29, 0.717) is 17.0 Å². The van der Waals surface area contributed by atoms with Gasteiger partial charge in [0.15, 0.2) is 5.65 Å². The van der Waals surface area contributed by atoms with Crippen molar-refractivity contribution in [1.82, 2.24) is 20.2 Å². The first-order chi connectivity index (χ1) is 19.6. The van der Waals surface area contributed by atoms with E-state index in [1.165, 1.54) is 27.8 Å². The standard InChI is InChI=1S/C33H32N6O/c34-27-25-12-5-4-9-23(25)20-32(27)15-17-39(18-16-32)31-35-29-26(30(40)36-31)28(37-38-29)33(13-14-33)24-11-6-10-22(19-24)21-7-2-1-3-8-21/h1-12,19,27H,13-18,20,34H2,(H2,35,36,37,38,40)/t27-/m1/s1. The number of nitrogens with zero attached hydrogens (tertiary/aromatic N) is 3. The molecule has 200 valence electrons. The number of nitrogens with two attached hydrogens (primary N) is 1. The van der Waals surface area contributed by atoms with Gasteiger partial charge in [-0.05, 0) is 65.3 Å². The van der Waals surface area contributed by atoms with Crippen molar-refractivity contribution in [2.45, 2.75) is 43.6 Å². The maximum absolute atomic E-state index is 13.6. The summed E-state index contributed by atoms with van der Waals surface area (Å²) in [5, 5.41) is 8.36. The lowest BCUT2D eigenvalue weighted by molar-refractivity contribution is 0.187. The first-order valence-corrected chi connectivity index (χ1v) is 14.3. The molecule has 1 saturated carbocycles. The molecule has 3 aliphatic rings. The molecule has 1 aliphatic heterocycles. The van der Waals surface area contributed by atoms with Crippen LogP contribution < -0.4 is 16.2 Å². The van der Waals surface area contributed by atoms with E-state index in [4.69, 9.17) is 10.7 Å². The van der Waals surface area contributed by atoms with Crippen molar-refractivity contribution in [2.24, 2.45) is 11.1 Å². The zero-order chi connectivity index (χ0) is 26.9. The topological polar surface area (TPSA) is 104 Å². The summed E-state index contributed by atoms with van der Waals surface area (Å²) >= 11 is 0. The van der Waals surface area contributed by atoms with E-state index in [9.17, 15) is 4.79 Å². The van der Waals surface area contributed by atoms with Crippen LogP contribution in [0.4, 0.5) is 5.95 Å².